The molecule has 1 N–H and O–H groups in total. The first-order chi connectivity index (χ1) is 8.59. The minimum Gasteiger partial charge on any atom is -0.481 e. The summed E-state index contributed by atoms with van der Waals surface area (Å²) in [7, 11) is 0. The van der Waals surface area contributed by atoms with Gasteiger partial charge in [0.2, 0.25) is 0 Å². The van der Waals surface area contributed by atoms with E-state index in [1.54, 1.807) is 0 Å². The monoisotopic (exact) mass is 251 g/mol. The molecule has 0 aromatic rings. The molecule has 0 aromatic heterocycles. The zero-order valence-corrected chi connectivity index (χ0v) is 11.4. The first kappa shape index (κ1) is 12.5. The van der Waals surface area contributed by atoms with Gasteiger partial charge in [-0.3, -0.25) is 9.69 Å². The Balaban J connectivity index is 1.72. The molecule has 2 saturated carbocycles. The van der Waals surface area contributed by atoms with E-state index < -0.39 is 11.4 Å². The Morgan fingerprint density at radius 2 is 2.22 bits per heavy atom. The topological polar surface area (TPSA) is 40.5 Å². The number of aliphatic carboxylic acids is 1. The van der Waals surface area contributed by atoms with E-state index in [9.17, 15) is 9.90 Å². The zero-order chi connectivity index (χ0) is 12.8. The van der Waals surface area contributed by atoms with Gasteiger partial charge in [0, 0.05) is 19.1 Å². The molecule has 18 heavy (non-hydrogen) atoms. The fourth-order valence-electron chi connectivity index (χ4n) is 4.67. The van der Waals surface area contributed by atoms with E-state index in [0.717, 1.165) is 38.3 Å². The highest BCUT2D eigenvalue weighted by atomic mass is 16.4. The Morgan fingerprint density at radius 1 is 1.39 bits per heavy atom. The van der Waals surface area contributed by atoms with Gasteiger partial charge in [0.05, 0.1) is 5.41 Å². The lowest BCUT2D eigenvalue weighted by molar-refractivity contribution is -0.154. The molecule has 4 atom stereocenters. The van der Waals surface area contributed by atoms with Crippen LogP contribution in [0.25, 0.3) is 0 Å². The molecule has 3 aliphatic rings. The Bertz CT molecular complexity index is 343. The highest BCUT2D eigenvalue weighted by Crippen LogP contribution is 2.44. The Hall–Kier alpha value is -0.570. The number of hydrogen-bond donors (Lipinski definition) is 1. The van der Waals surface area contributed by atoms with Gasteiger partial charge in [0.25, 0.3) is 0 Å². The number of rotatable bonds is 3. The lowest BCUT2D eigenvalue weighted by Crippen LogP contribution is -2.48. The predicted molar refractivity (Wildman–Crippen MR) is 70.4 cm³/mol. The second-order valence-corrected chi connectivity index (χ2v) is 7.05. The summed E-state index contributed by atoms with van der Waals surface area (Å²) in [4.78, 5) is 14.3. The first-order valence-electron chi connectivity index (χ1n) is 7.56. The number of carboxylic acids is 1. The van der Waals surface area contributed by atoms with Crippen LogP contribution in [0.2, 0.25) is 0 Å². The number of hydrogen-bond acceptors (Lipinski definition) is 2. The van der Waals surface area contributed by atoms with E-state index in [1.807, 2.05) is 0 Å². The third-order valence-corrected chi connectivity index (χ3v) is 5.57. The molecule has 3 heteroatoms. The van der Waals surface area contributed by atoms with Crippen LogP contribution < -0.4 is 0 Å². The minimum absolute atomic E-state index is 0.442. The number of carbonyl (C=O) groups is 1. The van der Waals surface area contributed by atoms with Crippen LogP contribution in [0.5, 0.6) is 0 Å². The van der Waals surface area contributed by atoms with Gasteiger partial charge in [-0.25, -0.2) is 0 Å². The van der Waals surface area contributed by atoms with Crippen LogP contribution in [-0.2, 0) is 4.79 Å². The predicted octanol–water partition coefficient (Wildman–Crippen LogP) is 2.75. The second kappa shape index (κ2) is 4.52. The van der Waals surface area contributed by atoms with Gasteiger partial charge in [0.15, 0.2) is 0 Å². The van der Waals surface area contributed by atoms with E-state index in [0.29, 0.717) is 12.0 Å². The summed E-state index contributed by atoms with van der Waals surface area (Å²) in [6, 6.07) is 0.698. The largest absolute Gasteiger partial charge is 0.481 e. The molecule has 3 fully saturated rings. The van der Waals surface area contributed by atoms with Gasteiger partial charge in [-0.15, -0.1) is 0 Å². The van der Waals surface area contributed by atoms with E-state index in [1.165, 1.54) is 25.7 Å². The van der Waals surface area contributed by atoms with Crippen molar-refractivity contribution in [2.75, 3.05) is 13.1 Å². The lowest BCUT2D eigenvalue weighted by Gasteiger charge is -2.41. The van der Waals surface area contributed by atoms with Crippen LogP contribution >= 0.6 is 0 Å². The van der Waals surface area contributed by atoms with Gasteiger partial charge in [-0.1, -0.05) is 19.8 Å². The summed E-state index contributed by atoms with van der Waals surface area (Å²) >= 11 is 0. The molecule has 3 nitrogen and oxygen atoms in total. The normalized spacial score (nSPS) is 44.4. The maximum absolute atomic E-state index is 11.8. The average Bonchev–Trinajstić information content (AvgIpc) is 2.90. The van der Waals surface area contributed by atoms with Crippen molar-refractivity contribution in [1.82, 2.24) is 4.90 Å². The van der Waals surface area contributed by atoms with Gasteiger partial charge in [-0.2, -0.15) is 0 Å². The molecule has 1 aliphatic heterocycles. The van der Waals surface area contributed by atoms with E-state index in [4.69, 9.17) is 0 Å². The van der Waals surface area contributed by atoms with Crippen molar-refractivity contribution < 1.29 is 9.90 Å². The van der Waals surface area contributed by atoms with Crippen LogP contribution in [0, 0.1) is 17.3 Å². The van der Waals surface area contributed by atoms with Gasteiger partial charge >= 0.3 is 5.97 Å². The fourth-order valence-corrected chi connectivity index (χ4v) is 4.67. The second-order valence-electron chi connectivity index (χ2n) is 7.05. The molecule has 2 aliphatic carbocycles. The van der Waals surface area contributed by atoms with Crippen LogP contribution in [0.15, 0.2) is 0 Å². The Morgan fingerprint density at radius 3 is 2.78 bits per heavy atom. The molecule has 1 saturated heterocycles. The number of fused-ring (bicyclic) bond motifs is 2. The van der Waals surface area contributed by atoms with Crippen LogP contribution in [0.4, 0.5) is 0 Å². The van der Waals surface area contributed by atoms with Gasteiger partial charge < -0.3 is 5.11 Å². The summed E-state index contributed by atoms with van der Waals surface area (Å²) in [5.74, 6) is 0.897. The quantitative estimate of drug-likeness (QED) is 0.838. The average molecular weight is 251 g/mol. The first-order valence-corrected chi connectivity index (χ1v) is 7.56. The Labute approximate surface area is 110 Å². The highest BCUT2D eigenvalue weighted by Gasteiger charge is 2.47. The zero-order valence-electron chi connectivity index (χ0n) is 11.4. The Kier molecular flexibility index (Phi) is 3.13. The van der Waals surface area contributed by atoms with Crippen molar-refractivity contribution in [2.24, 2.45) is 17.3 Å². The molecule has 0 amide bonds. The lowest BCUT2D eigenvalue weighted by atomic mass is 9.69. The van der Waals surface area contributed by atoms with Crippen molar-refractivity contribution in [2.45, 2.75) is 57.9 Å². The van der Waals surface area contributed by atoms with Crippen LogP contribution in [-0.4, -0.2) is 35.1 Å². The van der Waals surface area contributed by atoms with Crippen LogP contribution in [0.1, 0.15) is 51.9 Å². The summed E-state index contributed by atoms with van der Waals surface area (Å²) < 4.78 is 0. The SMILES string of the molecule is CC1CCCC(CN2CC3CCC2C3)(C(=O)O)C1. The maximum atomic E-state index is 11.8. The molecule has 4 unspecified atom stereocenters. The van der Waals surface area contributed by atoms with Crippen molar-refractivity contribution >= 4 is 5.97 Å². The molecular formula is C15H25NO2. The van der Waals surface area contributed by atoms with Gasteiger partial charge in [-0.05, 0) is 43.9 Å². The summed E-state index contributed by atoms with van der Waals surface area (Å²) in [5, 5.41) is 9.71. The molecule has 0 aromatic carbocycles. The summed E-state index contributed by atoms with van der Waals surface area (Å²) in [6.07, 6.45) is 8.08. The third-order valence-electron chi connectivity index (χ3n) is 5.57. The molecule has 2 bridgehead atoms. The minimum atomic E-state index is -0.545. The number of carboxylic acid groups (broad SMARTS) is 1. The standard InChI is InChI=1S/C15H25NO2/c1-11-3-2-6-15(8-11,14(17)18)10-16-9-12-4-5-13(16)7-12/h11-13H,2-10H2,1H3,(H,17,18). The maximum Gasteiger partial charge on any atom is 0.310 e. The molecule has 0 radical (unpaired) electrons. The smallest absolute Gasteiger partial charge is 0.310 e. The summed E-state index contributed by atoms with van der Waals surface area (Å²) in [5.41, 5.74) is -0.442. The van der Waals surface area contributed by atoms with E-state index in [-0.39, 0.29) is 0 Å². The van der Waals surface area contributed by atoms with Crippen molar-refractivity contribution in [3.63, 3.8) is 0 Å². The van der Waals surface area contributed by atoms with Crippen molar-refractivity contribution in [1.29, 1.82) is 0 Å². The summed E-state index contributed by atoms with van der Waals surface area (Å²) in [6.45, 7) is 4.19. The van der Waals surface area contributed by atoms with E-state index >= 15 is 0 Å². The molecule has 3 rings (SSSR count). The highest BCUT2D eigenvalue weighted by molar-refractivity contribution is 5.75. The molecule has 0 spiro atoms. The third kappa shape index (κ3) is 2.07. The fraction of sp³-hybridized carbons (Fsp3) is 0.933. The number of likely N-dealkylation sites (tertiary alicyclic amines) is 1. The van der Waals surface area contributed by atoms with Crippen LogP contribution in [0.3, 0.4) is 0 Å². The van der Waals surface area contributed by atoms with Gasteiger partial charge in [0.1, 0.15) is 0 Å². The molecule has 1 heterocycles. The number of nitrogens with zero attached hydrogens (tertiary/aromatic N) is 1. The molecular weight excluding hydrogens is 226 g/mol. The molecule has 102 valence electrons. The number of piperidine rings is 1. The van der Waals surface area contributed by atoms with Crippen molar-refractivity contribution in [3.8, 4) is 0 Å². The van der Waals surface area contributed by atoms with E-state index in [2.05, 4.69) is 11.8 Å². The van der Waals surface area contributed by atoms with Crippen molar-refractivity contribution in [3.05, 3.63) is 0 Å².